The third-order valence-corrected chi connectivity index (χ3v) is 6.87. The van der Waals surface area contributed by atoms with Crippen molar-refractivity contribution < 1.29 is 17.9 Å². The van der Waals surface area contributed by atoms with E-state index in [0.29, 0.717) is 34.5 Å². The first-order valence-electron chi connectivity index (χ1n) is 12.2. The Morgan fingerprint density at radius 3 is 2.37 bits per heavy atom. The first-order chi connectivity index (χ1) is 17.2. The van der Waals surface area contributed by atoms with Crippen molar-refractivity contribution in [3.05, 3.63) is 52.5 Å². The number of rotatable bonds is 9. The minimum atomic E-state index is -4.70. The molecule has 0 radical (unpaired) electrons. The van der Waals surface area contributed by atoms with Crippen LogP contribution in [0.2, 0.25) is 0 Å². The van der Waals surface area contributed by atoms with Crippen LogP contribution in [0.25, 0.3) is 10.9 Å². The fourth-order valence-electron chi connectivity index (χ4n) is 4.63. The molecule has 210 valence electrons. The van der Waals surface area contributed by atoms with Crippen LogP contribution in [0.5, 0.6) is 5.75 Å². The van der Waals surface area contributed by atoms with Crippen molar-refractivity contribution in [3.63, 3.8) is 0 Å². The van der Waals surface area contributed by atoms with Crippen LogP contribution >= 0.6 is 40.7 Å². The number of aromatic nitrogens is 2. The Morgan fingerprint density at radius 2 is 1.68 bits per heavy atom. The van der Waals surface area contributed by atoms with E-state index in [9.17, 15) is 13.2 Å². The van der Waals surface area contributed by atoms with Crippen molar-refractivity contribution in [1.29, 1.82) is 0 Å². The molecule has 0 spiro atoms. The van der Waals surface area contributed by atoms with E-state index in [-0.39, 0.29) is 30.6 Å². The average molecular weight is 639 g/mol. The molecule has 3 aromatic rings. The minimum absolute atomic E-state index is 0. The number of alkyl halides is 3. The van der Waals surface area contributed by atoms with Crippen molar-refractivity contribution in [2.75, 3.05) is 30.9 Å². The van der Waals surface area contributed by atoms with Crippen LogP contribution in [0.4, 0.5) is 24.9 Å². The summed E-state index contributed by atoms with van der Waals surface area (Å²) in [5, 5.41) is 8.12. The summed E-state index contributed by atoms with van der Waals surface area (Å²) in [5.74, 6) is 1.41. The van der Waals surface area contributed by atoms with E-state index in [4.69, 9.17) is 9.97 Å². The summed E-state index contributed by atoms with van der Waals surface area (Å²) in [6.45, 7) is 0.740. The van der Waals surface area contributed by atoms with Gasteiger partial charge in [-0.1, -0.05) is 34.1 Å². The number of aryl methyl sites for hydroxylation is 1. The zero-order valence-electron chi connectivity index (χ0n) is 21.2. The molecule has 38 heavy (non-hydrogen) atoms. The van der Waals surface area contributed by atoms with Crippen LogP contribution in [0.3, 0.4) is 0 Å². The molecule has 2 N–H and O–H groups in total. The molecule has 4 rings (SSSR count). The molecule has 1 aromatic heterocycles. The van der Waals surface area contributed by atoms with Gasteiger partial charge in [0.05, 0.1) is 5.52 Å². The van der Waals surface area contributed by atoms with Gasteiger partial charge in [0.2, 0.25) is 5.95 Å². The number of nitrogens with one attached hydrogen (secondary N) is 2. The lowest BCUT2D eigenvalue weighted by Gasteiger charge is -2.30. The summed E-state index contributed by atoms with van der Waals surface area (Å²) in [4.78, 5) is 11.5. The van der Waals surface area contributed by atoms with Gasteiger partial charge in [0.15, 0.2) is 0 Å². The molecule has 1 aliphatic carbocycles. The largest absolute Gasteiger partial charge is 0.573 e. The Labute approximate surface area is 242 Å². The number of benzene rings is 2. The first-order valence-corrected chi connectivity index (χ1v) is 13.0. The van der Waals surface area contributed by atoms with Crippen molar-refractivity contribution in [1.82, 2.24) is 15.3 Å². The van der Waals surface area contributed by atoms with E-state index in [1.807, 2.05) is 43.3 Å². The third kappa shape index (κ3) is 9.03. The smallest absolute Gasteiger partial charge is 0.405 e. The molecule has 0 amide bonds. The van der Waals surface area contributed by atoms with Crippen LogP contribution in [-0.4, -0.2) is 49.1 Å². The molecule has 6 nitrogen and oxygen atoms in total. The summed E-state index contributed by atoms with van der Waals surface area (Å²) in [6, 6.07) is 13.5. The highest BCUT2D eigenvalue weighted by Gasteiger charge is 2.32. The molecule has 1 heterocycles. The molecule has 2 aromatic carbocycles. The second kappa shape index (κ2) is 14.4. The van der Waals surface area contributed by atoms with E-state index in [1.165, 1.54) is 6.07 Å². The molecule has 1 fully saturated rings. The van der Waals surface area contributed by atoms with Gasteiger partial charge in [-0.3, -0.25) is 0 Å². The second-order valence-corrected chi connectivity index (χ2v) is 10.2. The van der Waals surface area contributed by atoms with E-state index >= 15 is 0 Å². The minimum Gasteiger partial charge on any atom is -0.405 e. The molecule has 0 atom stereocenters. The molecule has 0 unspecified atom stereocenters. The van der Waals surface area contributed by atoms with Crippen LogP contribution in [0, 0.1) is 0 Å². The first kappa shape index (κ1) is 32.2. The van der Waals surface area contributed by atoms with Gasteiger partial charge in [0.1, 0.15) is 11.6 Å². The monoisotopic (exact) mass is 637 g/mol. The lowest BCUT2D eigenvalue weighted by molar-refractivity contribution is -0.274. The maximum Gasteiger partial charge on any atom is 0.573 e. The van der Waals surface area contributed by atoms with Crippen molar-refractivity contribution >= 4 is 63.4 Å². The van der Waals surface area contributed by atoms with E-state index in [1.54, 1.807) is 12.1 Å². The molecule has 0 bridgehead atoms. The van der Waals surface area contributed by atoms with Crippen LogP contribution in [-0.2, 0) is 6.42 Å². The van der Waals surface area contributed by atoms with Crippen LogP contribution in [0.15, 0.2) is 46.9 Å². The Kier molecular flexibility index (Phi) is 12.2. The van der Waals surface area contributed by atoms with Gasteiger partial charge in [-0.2, -0.15) is 4.98 Å². The molecule has 12 heteroatoms. The van der Waals surface area contributed by atoms with E-state index in [2.05, 4.69) is 31.3 Å². The van der Waals surface area contributed by atoms with Crippen molar-refractivity contribution in [2.24, 2.45) is 0 Å². The number of halogens is 6. The normalized spacial score (nSPS) is 17.3. The summed E-state index contributed by atoms with van der Waals surface area (Å²) in [7, 11) is 3.96. The Hall–Kier alpha value is -2.01. The summed E-state index contributed by atoms with van der Waals surface area (Å²) in [5.41, 5.74) is 1.47. The SMILES string of the molecule is CN(C)c1nc(NC2CCC(NCCCc3ccc(Br)cc3OC(F)(F)F)CC2)nc2ccccc12.Cl.Cl. The Bertz CT molecular complexity index is 1180. The highest BCUT2D eigenvalue weighted by Crippen LogP contribution is 2.30. The predicted octanol–water partition coefficient (Wildman–Crippen LogP) is 7.15. The number of hydrogen-bond donors (Lipinski definition) is 2. The molecule has 0 saturated heterocycles. The third-order valence-electron chi connectivity index (χ3n) is 6.38. The fourth-order valence-corrected chi connectivity index (χ4v) is 4.97. The standard InChI is InChI=1S/C26H31BrF3N5O.2ClH/c1-35(2)24-21-7-3-4-8-22(21)33-25(34-24)32-20-13-11-19(12-14-20)31-15-5-6-17-9-10-18(27)16-23(17)36-26(28,29)30;;/h3-4,7-10,16,19-20,31H,5-6,11-15H2,1-2H3,(H,32,33,34);2*1H. The number of ether oxygens (including phenoxy) is 1. The number of para-hydroxylation sites is 1. The number of nitrogens with zero attached hydrogens (tertiary/aromatic N) is 3. The average Bonchev–Trinajstić information content (AvgIpc) is 2.82. The zero-order chi connectivity index (χ0) is 25.7. The molecule has 1 saturated carbocycles. The number of hydrogen-bond acceptors (Lipinski definition) is 6. The highest BCUT2D eigenvalue weighted by atomic mass is 79.9. The summed E-state index contributed by atoms with van der Waals surface area (Å²) in [6.07, 6.45) is 0.580. The molecular weight excluding hydrogens is 606 g/mol. The van der Waals surface area contributed by atoms with Crippen LogP contribution in [0.1, 0.15) is 37.7 Å². The maximum absolute atomic E-state index is 12.7. The van der Waals surface area contributed by atoms with Gasteiger partial charge in [-0.05, 0) is 74.9 Å². The lowest BCUT2D eigenvalue weighted by Crippen LogP contribution is -2.37. The summed E-state index contributed by atoms with van der Waals surface area (Å²) < 4.78 is 42.9. The van der Waals surface area contributed by atoms with Crippen molar-refractivity contribution in [2.45, 2.75) is 57.0 Å². The Balaban J connectivity index is 0.00000253. The predicted molar refractivity (Wildman–Crippen MR) is 155 cm³/mol. The van der Waals surface area contributed by atoms with Gasteiger partial charge < -0.3 is 20.3 Å². The molecule has 1 aliphatic rings. The fraction of sp³-hybridized carbons (Fsp3) is 0.462. The van der Waals surface area contributed by atoms with Gasteiger partial charge in [0.25, 0.3) is 0 Å². The summed E-state index contributed by atoms with van der Waals surface area (Å²) >= 11 is 3.21. The maximum atomic E-state index is 12.7. The Morgan fingerprint density at radius 1 is 1.00 bits per heavy atom. The highest BCUT2D eigenvalue weighted by molar-refractivity contribution is 9.10. The van der Waals surface area contributed by atoms with Gasteiger partial charge in [-0.15, -0.1) is 38.0 Å². The van der Waals surface area contributed by atoms with Crippen molar-refractivity contribution in [3.8, 4) is 5.75 Å². The number of anilines is 2. The molecule has 0 aliphatic heterocycles. The zero-order valence-corrected chi connectivity index (χ0v) is 24.4. The topological polar surface area (TPSA) is 62.3 Å². The molecular formula is C26H33BrCl2F3N5O. The van der Waals surface area contributed by atoms with E-state index < -0.39 is 6.36 Å². The quantitative estimate of drug-likeness (QED) is 0.243. The van der Waals surface area contributed by atoms with E-state index in [0.717, 1.165) is 55.4 Å². The second-order valence-electron chi connectivity index (χ2n) is 9.33. The van der Waals surface area contributed by atoms with Gasteiger partial charge >= 0.3 is 6.36 Å². The number of fused-ring (bicyclic) bond motifs is 1. The van der Waals surface area contributed by atoms with Gasteiger partial charge in [0, 0.05) is 36.0 Å². The van der Waals surface area contributed by atoms with Gasteiger partial charge in [-0.25, -0.2) is 4.98 Å². The lowest BCUT2D eigenvalue weighted by atomic mass is 9.91. The van der Waals surface area contributed by atoms with Crippen LogP contribution < -0.4 is 20.3 Å².